The molecule has 0 bridgehead atoms. The maximum atomic E-state index is 10.5. The molecule has 2 amide bonds. The van der Waals surface area contributed by atoms with E-state index in [1.165, 1.54) is 0 Å². The first-order valence-corrected chi connectivity index (χ1v) is 6.02. The monoisotopic (exact) mass is 246 g/mol. The highest BCUT2D eigenvalue weighted by Crippen LogP contribution is 2.07. The fourth-order valence-corrected chi connectivity index (χ4v) is 1.63. The molecule has 0 aromatic carbocycles. The Morgan fingerprint density at radius 3 is 2.29 bits per heavy atom. The summed E-state index contributed by atoms with van der Waals surface area (Å²) in [6, 6.07) is -0.170. The quantitative estimate of drug-likeness (QED) is 0.469. The van der Waals surface area contributed by atoms with Gasteiger partial charge in [-0.3, -0.25) is 0 Å². The van der Waals surface area contributed by atoms with Gasteiger partial charge < -0.3 is 20.8 Å². The summed E-state index contributed by atoms with van der Waals surface area (Å²) < 4.78 is 0. The molecule has 0 radical (unpaired) electrons. The summed E-state index contributed by atoms with van der Waals surface area (Å²) in [6.07, 6.45) is 3.45. The summed E-state index contributed by atoms with van der Waals surface area (Å²) >= 11 is 0. The van der Waals surface area contributed by atoms with E-state index in [0.29, 0.717) is 6.42 Å². The highest BCUT2D eigenvalue weighted by molar-refractivity contribution is 5.65. The topological polar surface area (TPSA) is 98.7 Å². The van der Waals surface area contributed by atoms with Crippen LogP contribution in [0, 0.1) is 0 Å². The van der Waals surface area contributed by atoms with Crippen LogP contribution >= 0.6 is 0 Å². The Kier molecular flexibility index (Phi) is 8.91. The number of carbonyl (C=O) groups is 2. The second-order valence-electron chi connectivity index (χ2n) is 4.02. The summed E-state index contributed by atoms with van der Waals surface area (Å²) in [7, 11) is 0. The standard InChI is InChI=1S/C11H22N2O4/c1-2-3-4-5-6-9(13-11(16)17)7-8-12-10(14)15/h9,12-13H,2-8H2,1H3,(H,14,15)(H,16,17). The van der Waals surface area contributed by atoms with E-state index in [1.54, 1.807) is 0 Å². The Bertz CT molecular complexity index is 234. The van der Waals surface area contributed by atoms with Crippen molar-refractivity contribution in [2.24, 2.45) is 0 Å². The van der Waals surface area contributed by atoms with Crippen molar-refractivity contribution >= 4 is 12.2 Å². The Morgan fingerprint density at radius 1 is 1.06 bits per heavy atom. The molecular formula is C11H22N2O4. The van der Waals surface area contributed by atoms with Gasteiger partial charge in [-0.15, -0.1) is 0 Å². The zero-order valence-corrected chi connectivity index (χ0v) is 10.2. The molecule has 0 aliphatic heterocycles. The van der Waals surface area contributed by atoms with Gasteiger partial charge in [-0.2, -0.15) is 0 Å². The largest absolute Gasteiger partial charge is 0.465 e. The van der Waals surface area contributed by atoms with Crippen LogP contribution < -0.4 is 10.6 Å². The van der Waals surface area contributed by atoms with Crippen molar-refractivity contribution in [2.75, 3.05) is 6.54 Å². The Balaban J connectivity index is 3.79. The molecule has 6 nitrogen and oxygen atoms in total. The molecule has 0 spiro atoms. The molecule has 0 saturated carbocycles. The Labute approximate surface area is 101 Å². The highest BCUT2D eigenvalue weighted by atomic mass is 16.4. The van der Waals surface area contributed by atoms with Crippen LogP contribution in [0.25, 0.3) is 0 Å². The fourth-order valence-electron chi connectivity index (χ4n) is 1.63. The van der Waals surface area contributed by atoms with Crippen LogP contribution in [0.1, 0.15) is 45.4 Å². The van der Waals surface area contributed by atoms with Crippen LogP contribution in [0.4, 0.5) is 9.59 Å². The fraction of sp³-hybridized carbons (Fsp3) is 0.818. The first-order valence-electron chi connectivity index (χ1n) is 6.02. The van der Waals surface area contributed by atoms with Gasteiger partial charge in [0, 0.05) is 12.6 Å². The van der Waals surface area contributed by atoms with Crippen LogP contribution in [0.15, 0.2) is 0 Å². The van der Waals surface area contributed by atoms with Crippen LogP contribution in [0.2, 0.25) is 0 Å². The van der Waals surface area contributed by atoms with Crippen LogP contribution in [-0.2, 0) is 0 Å². The summed E-state index contributed by atoms with van der Waals surface area (Å²) in [5, 5.41) is 21.7. The van der Waals surface area contributed by atoms with E-state index in [0.717, 1.165) is 32.1 Å². The lowest BCUT2D eigenvalue weighted by molar-refractivity contribution is 0.187. The molecule has 0 aromatic rings. The zero-order chi connectivity index (χ0) is 13.1. The molecule has 1 atom stereocenters. The molecule has 0 heterocycles. The smallest absolute Gasteiger partial charge is 0.404 e. The second kappa shape index (κ2) is 9.74. The molecule has 4 N–H and O–H groups in total. The van der Waals surface area contributed by atoms with Gasteiger partial charge in [-0.1, -0.05) is 32.6 Å². The van der Waals surface area contributed by atoms with E-state index < -0.39 is 12.2 Å². The number of rotatable bonds is 9. The van der Waals surface area contributed by atoms with E-state index in [1.807, 2.05) is 0 Å². The molecule has 6 heteroatoms. The predicted molar refractivity (Wildman–Crippen MR) is 64.4 cm³/mol. The van der Waals surface area contributed by atoms with Gasteiger partial charge in [0.15, 0.2) is 0 Å². The van der Waals surface area contributed by atoms with Gasteiger partial charge in [-0.05, 0) is 12.8 Å². The number of amides is 2. The molecule has 0 rings (SSSR count). The van der Waals surface area contributed by atoms with Gasteiger partial charge in [0.1, 0.15) is 0 Å². The van der Waals surface area contributed by atoms with Crippen molar-refractivity contribution in [3.05, 3.63) is 0 Å². The number of nitrogens with one attached hydrogen (secondary N) is 2. The maximum Gasteiger partial charge on any atom is 0.404 e. The maximum absolute atomic E-state index is 10.5. The number of hydrogen-bond donors (Lipinski definition) is 4. The average molecular weight is 246 g/mol. The molecule has 100 valence electrons. The number of hydrogen-bond acceptors (Lipinski definition) is 2. The summed E-state index contributed by atoms with van der Waals surface area (Å²) in [5.74, 6) is 0. The van der Waals surface area contributed by atoms with Crippen LogP contribution in [-0.4, -0.2) is 35.0 Å². The number of carboxylic acid groups (broad SMARTS) is 2. The third-order valence-electron chi connectivity index (χ3n) is 2.50. The Hall–Kier alpha value is -1.46. The van der Waals surface area contributed by atoms with Crippen molar-refractivity contribution in [1.82, 2.24) is 10.6 Å². The van der Waals surface area contributed by atoms with E-state index >= 15 is 0 Å². The van der Waals surface area contributed by atoms with Crippen molar-refractivity contribution in [1.29, 1.82) is 0 Å². The van der Waals surface area contributed by atoms with E-state index in [9.17, 15) is 9.59 Å². The van der Waals surface area contributed by atoms with E-state index in [2.05, 4.69) is 17.6 Å². The predicted octanol–water partition coefficient (Wildman–Crippen LogP) is 2.25. The first kappa shape index (κ1) is 15.5. The second-order valence-corrected chi connectivity index (χ2v) is 4.02. The number of unbranched alkanes of at least 4 members (excludes halogenated alkanes) is 3. The summed E-state index contributed by atoms with van der Waals surface area (Å²) in [5.41, 5.74) is 0. The minimum Gasteiger partial charge on any atom is -0.465 e. The first-order chi connectivity index (χ1) is 8.06. The van der Waals surface area contributed by atoms with E-state index in [-0.39, 0.29) is 12.6 Å². The van der Waals surface area contributed by atoms with Crippen LogP contribution in [0.3, 0.4) is 0 Å². The normalized spacial score (nSPS) is 11.8. The SMILES string of the molecule is CCCCCCC(CCNC(=O)O)NC(=O)O. The third-order valence-corrected chi connectivity index (χ3v) is 2.50. The van der Waals surface area contributed by atoms with Gasteiger partial charge in [0.05, 0.1) is 0 Å². The molecule has 1 unspecified atom stereocenters. The van der Waals surface area contributed by atoms with E-state index in [4.69, 9.17) is 10.2 Å². The molecule has 0 aliphatic rings. The van der Waals surface area contributed by atoms with Crippen molar-refractivity contribution in [3.63, 3.8) is 0 Å². The molecular weight excluding hydrogens is 224 g/mol. The summed E-state index contributed by atoms with van der Waals surface area (Å²) in [4.78, 5) is 20.8. The van der Waals surface area contributed by atoms with Gasteiger partial charge in [0.25, 0.3) is 0 Å². The molecule has 0 aliphatic carbocycles. The minimum atomic E-state index is -1.08. The van der Waals surface area contributed by atoms with Crippen molar-refractivity contribution < 1.29 is 19.8 Å². The lowest BCUT2D eigenvalue weighted by atomic mass is 10.0. The lowest BCUT2D eigenvalue weighted by Gasteiger charge is -2.16. The lowest BCUT2D eigenvalue weighted by Crippen LogP contribution is -2.36. The van der Waals surface area contributed by atoms with Gasteiger partial charge in [0.2, 0.25) is 0 Å². The minimum absolute atomic E-state index is 0.170. The summed E-state index contributed by atoms with van der Waals surface area (Å²) in [6.45, 7) is 2.39. The Morgan fingerprint density at radius 2 is 1.76 bits per heavy atom. The highest BCUT2D eigenvalue weighted by Gasteiger charge is 2.11. The van der Waals surface area contributed by atoms with Crippen LogP contribution in [0.5, 0.6) is 0 Å². The molecule has 17 heavy (non-hydrogen) atoms. The molecule has 0 saturated heterocycles. The zero-order valence-electron chi connectivity index (χ0n) is 10.2. The average Bonchev–Trinajstić information content (AvgIpc) is 2.22. The molecule has 0 aromatic heterocycles. The van der Waals surface area contributed by atoms with Gasteiger partial charge >= 0.3 is 12.2 Å². The van der Waals surface area contributed by atoms with Gasteiger partial charge in [-0.25, -0.2) is 9.59 Å². The third kappa shape index (κ3) is 10.8. The molecule has 0 fully saturated rings. The van der Waals surface area contributed by atoms with Crippen molar-refractivity contribution in [3.8, 4) is 0 Å². The van der Waals surface area contributed by atoms with Crippen molar-refractivity contribution in [2.45, 2.75) is 51.5 Å².